The Morgan fingerprint density at radius 3 is 2.26 bits per heavy atom. The summed E-state index contributed by atoms with van der Waals surface area (Å²) in [6, 6.07) is 25.9. The summed E-state index contributed by atoms with van der Waals surface area (Å²) in [6.45, 7) is 3.62. The highest BCUT2D eigenvalue weighted by Crippen LogP contribution is 2.38. The summed E-state index contributed by atoms with van der Waals surface area (Å²) in [5.74, 6) is 0.684. The molecule has 170 valence electrons. The van der Waals surface area contributed by atoms with Crippen LogP contribution in [0.15, 0.2) is 90.2 Å². The summed E-state index contributed by atoms with van der Waals surface area (Å²) < 4.78 is 7.17. The average molecular weight is 451 g/mol. The van der Waals surface area contributed by atoms with Gasteiger partial charge in [0.25, 0.3) is 0 Å². The smallest absolute Gasteiger partial charge is 0.240 e. The highest BCUT2D eigenvalue weighted by molar-refractivity contribution is 6.03. The number of hydrogen-bond donors (Lipinski definition) is 0. The van der Waals surface area contributed by atoms with Gasteiger partial charge in [-0.1, -0.05) is 48.0 Å². The Morgan fingerprint density at radius 2 is 1.62 bits per heavy atom. The molecule has 0 fully saturated rings. The van der Waals surface area contributed by atoms with Crippen LogP contribution in [0.1, 0.15) is 36.1 Å². The average Bonchev–Trinajstić information content (AvgIpc) is 3.50. The zero-order valence-electron chi connectivity index (χ0n) is 19.5. The van der Waals surface area contributed by atoms with Gasteiger partial charge in [-0.15, -0.1) is 0 Å². The molecular formula is C28H26N4O2. The van der Waals surface area contributed by atoms with E-state index in [-0.39, 0.29) is 11.9 Å². The summed E-state index contributed by atoms with van der Waals surface area (Å²) in [7, 11) is 1.65. The third-order valence-corrected chi connectivity index (χ3v) is 6.10. The molecule has 6 heteroatoms. The van der Waals surface area contributed by atoms with Crippen LogP contribution in [0.5, 0.6) is 5.75 Å². The number of para-hydroxylation sites is 1. The summed E-state index contributed by atoms with van der Waals surface area (Å²) in [6.07, 6.45) is 2.63. The van der Waals surface area contributed by atoms with Crippen molar-refractivity contribution in [1.82, 2.24) is 14.8 Å². The molecule has 0 aliphatic carbocycles. The topological polar surface area (TPSA) is 59.7 Å². The molecule has 3 aromatic carbocycles. The Balaban J connectivity index is 1.59. The molecule has 1 atom stereocenters. The van der Waals surface area contributed by atoms with Crippen LogP contribution in [0.4, 0.5) is 0 Å². The van der Waals surface area contributed by atoms with Crippen LogP contribution in [0.3, 0.4) is 0 Å². The Hall–Kier alpha value is -4.19. The van der Waals surface area contributed by atoms with E-state index in [9.17, 15) is 4.79 Å². The lowest BCUT2D eigenvalue weighted by Gasteiger charge is -2.20. The van der Waals surface area contributed by atoms with Gasteiger partial charge < -0.3 is 4.74 Å². The van der Waals surface area contributed by atoms with E-state index in [1.165, 1.54) is 5.56 Å². The molecule has 0 spiro atoms. The quantitative estimate of drug-likeness (QED) is 0.400. The van der Waals surface area contributed by atoms with Crippen LogP contribution in [0, 0.1) is 6.92 Å². The molecule has 1 aliphatic rings. The van der Waals surface area contributed by atoms with Crippen LogP contribution in [-0.2, 0) is 4.79 Å². The fourth-order valence-electron chi connectivity index (χ4n) is 4.28. The largest absolute Gasteiger partial charge is 0.497 e. The molecule has 0 saturated carbocycles. The van der Waals surface area contributed by atoms with Gasteiger partial charge in [0, 0.05) is 30.7 Å². The predicted octanol–water partition coefficient (Wildman–Crippen LogP) is 5.55. The molecule has 1 unspecified atom stereocenters. The van der Waals surface area contributed by atoms with E-state index in [1.807, 2.05) is 65.5 Å². The number of carbonyl (C=O) groups excluding carboxylic acids is 1. The van der Waals surface area contributed by atoms with E-state index in [2.05, 4.69) is 31.2 Å². The van der Waals surface area contributed by atoms with Crippen molar-refractivity contribution in [3.05, 3.63) is 102 Å². The lowest BCUT2D eigenvalue weighted by atomic mass is 9.96. The number of amides is 1. The molecule has 0 saturated heterocycles. The van der Waals surface area contributed by atoms with E-state index in [0.29, 0.717) is 6.42 Å². The van der Waals surface area contributed by atoms with Gasteiger partial charge in [-0.3, -0.25) is 4.79 Å². The lowest BCUT2D eigenvalue weighted by molar-refractivity contribution is -0.130. The third-order valence-electron chi connectivity index (χ3n) is 6.10. The molecule has 0 radical (unpaired) electrons. The van der Waals surface area contributed by atoms with E-state index in [0.717, 1.165) is 39.5 Å². The van der Waals surface area contributed by atoms with E-state index in [1.54, 1.807) is 19.0 Å². The number of carbonyl (C=O) groups is 1. The van der Waals surface area contributed by atoms with Crippen molar-refractivity contribution in [2.24, 2.45) is 5.10 Å². The minimum Gasteiger partial charge on any atom is -0.497 e. The van der Waals surface area contributed by atoms with Gasteiger partial charge >= 0.3 is 0 Å². The Labute approximate surface area is 199 Å². The molecule has 1 aliphatic heterocycles. The third kappa shape index (κ3) is 4.10. The first-order valence-electron chi connectivity index (χ1n) is 11.3. The normalized spacial score (nSPS) is 15.3. The summed E-state index contributed by atoms with van der Waals surface area (Å²) in [4.78, 5) is 12.6. The van der Waals surface area contributed by atoms with Crippen LogP contribution in [-0.4, -0.2) is 33.5 Å². The first-order chi connectivity index (χ1) is 16.5. The van der Waals surface area contributed by atoms with Gasteiger partial charge in [0.05, 0.1) is 30.2 Å². The number of ether oxygens (including phenoxy) is 1. The maximum atomic E-state index is 12.6. The molecule has 4 aromatic rings. The Bertz CT molecular complexity index is 1340. The van der Waals surface area contributed by atoms with Crippen molar-refractivity contribution in [3.63, 3.8) is 0 Å². The standard InChI is InChI=1S/C28H26N4O2/c1-19-9-11-22(12-10-19)28-25(18-31(30-28)23-7-5-4-6-8-23)27-17-26(29-32(27)20(2)33)21-13-15-24(34-3)16-14-21/h4-16,18,27H,17H2,1-3H3. The lowest BCUT2D eigenvalue weighted by Crippen LogP contribution is -2.24. The van der Waals surface area contributed by atoms with E-state index in [4.69, 9.17) is 14.9 Å². The summed E-state index contributed by atoms with van der Waals surface area (Å²) in [5, 5.41) is 11.3. The van der Waals surface area contributed by atoms with E-state index < -0.39 is 0 Å². The van der Waals surface area contributed by atoms with Crippen LogP contribution < -0.4 is 4.74 Å². The molecular weight excluding hydrogens is 424 g/mol. The molecule has 5 rings (SSSR count). The second-order valence-corrected chi connectivity index (χ2v) is 8.44. The molecule has 0 N–H and O–H groups in total. The van der Waals surface area contributed by atoms with Gasteiger partial charge in [0.2, 0.25) is 5.91 Å². The Morgan fingerprint density at radius 1 is 0.941 bits per heavy atom. The SMILES string of the molecule is COc1ccc(C2=NN(C(C)=O)C(c3cn(-c4ccccc4)nc3-c3ccc(C)cc3)C2)cc1. The van der Waals surface area contributed by atoms with Crippen molar-refractivity contribution in [1.29, 1.82) is 0 Å². The second-order valence-electron chi connectivity index (χ2n) is 8.44. The molecule has 0 bridgehead atoms. The number of hydrazone groups is 1. The van der Waals surface area contributed by atoms with Crippen molar-refractivity contribution < 1.29 is 9.53 Å². The van der Waals surface area contributed by atoms with Crippen molar-refractivity contribution in [2.75, 3.05) is 7.11 Å². The number of nitrogens with zero attached hydrogens (tertiary/aromatic N) is 4. The van der Waals surface area contributed by atoms with Crippen molar-refractivity contribution in [2.45, 2.75) is 26.3 Å². The van der Waals surface area contributed by atoms with Gasteiger partial charge in [-0.05, 0) is 48.9 Å². The fraction of sp³-hybridized carbons (Fsp3) is 0.179. The molecule has 1 amide bonds. The minimum atomic E-state index is -0.247. The molecule has 1 aromatic heterocycles. The monoisotopic (exact) mass is 450 g/mol. The zero-order chi connectivity index (χ0) is 23.7. The summed E-state index contributed by atoms with van der Waals surface area (Å²) in [5.41, 5.74) is 6.82. The van der Waals surface area contributed by atoms with Crippen LogP contribution in [0.25, 0.3) is 16.9 Å². The number of aryl methyl sites for hydroxylation is 1. The van der Waals surface area contributed by atoms with Gasteiger partial charge in [-0.25, -0.2) is 9.69 Å². The maximum absolute atomic E-state index is 12.6. The maximum Gasteiger partial charge on any atom is 0.240 e. The first kappa shape index (κ1) is 21.6. The van der Waals surface area contributed by atoms with Gasteiger partial charge in [0.1, 0.15) is 5.75 Å². The van der Waals surface area contributed by atoms with E-state index >= 15 is 0 Å². The number of hydrogen-bond acceptors (Lipinski definition) is 4. The van der Waals surface area contributed by atoms with Crippen LogP contribution in [0.2, 0.25) is 0 Å². The zero-order valence-corrected chi connectivity index (χ0v) is 19.5. The first-order valence-corrected chi connectivity index (χ1v) is 11.3. The van der Waals surface area contributed by atoms with Crippen molar-refractivity contribution in [3.8, 4) is 22.7 Å². The fourth-order valence-corrected chi connectivity index (χ4v) is 4.28. The molecule has 2 heterocycles. The second kappa shape index (κ2) is 8.98. The highest BCUT2D eigenvalue weighted by Gasteiger charge is 2.34. The summed E-state index contributed by atoms with van der Waals surface area (Å²) >= 11 is 0. The van der Waals surface area contributed by atoms with Crippen LogP contribution >= 0.6 is 0 Å². The number of benzene rings is 3. The number of methoxy groups -OCH3 is 1. The number of aromatic nitrogens is 2. The highest BCUT2D eigenvalue weighted by atomic mass is 16.5. The number of rotatable bonds is 5. The van der Waals surface area contributed by atoms with Crippen molar-refractivity contribution >= 4 is 11.6 Å². The van der Waals surface area contributed by atoms with Gasteiger partial charge in [-0.2, -0.15) is 10.2 Å². The molecule has 34 heavy (non-hydrogen) atoms. The predicted molar refractivity (Wildman–Crippen MR) is 133 cm³/mol. The minimum absolute atomic E-state index is 0.101. The van der Waals surface area contributed by atoms with Gasteiger partial charge in [0.15, 0.2) is 0 Å². The molecule has 6 nitrogen and oxygen atoms in total. The Kier molecular flexibility index (Phi) is 5.72.